The fourth-order valence-electron chi connectivity index (χ4n) is 2.23. The van der Waals surface area contributed by atoms with Gasteiger partial charge in [0.1, 0.15) is 0 Å². The van der Waals surface area contributed by atoms with Crippen molar-refractivity contribution in [3.8, 4) is 5.82 Å². The monoisotopic (exact) mass is 457 g/mol. The van der Waals surface area contributed by atoms with Gasteiger partial charge in [-0.1, -0.05) is 39.0 Å². The zero-order chi connectivity index (χ0) is 14.1. The van der Waals surface area contributed by atoms with Crippen LogP contribution in [0.2, 0.25) is 0 Å². The van der Waals surface area contributed by atoms with Crippen LogP contribution in [-0.4, -0.2) is 14.8 Å². The summed E-state index contributed by atoms with van der Waals surface area (Å²) in [6.07, 6.45) is 5.10. The molecule has 4 heteroatoms. The number of nitrogens with zero attached hydrogens (tertiary/aromatic N) is 3. The normalized spacial score (nSPS) is 12.4. The topological polar surface area (TPSA) is 30.7 Å². The molecule has 2 aromatic heterocycles. The van der Waals surface area contributed by atoms with Gasteiger partial charge in [0.25, 0.3) is 0 Å². The molecular formula is C17H18IrN3-. The summed E-state index contributed by atoms with van der Waals surface area (Å²) in [5.41, 5.74) is 2.23. The molecule has 3 aromatic rings. The Balaban J connectivity index is 0.00000161. The Bertz CT molecular complexity index is 700. The molecule has 2 heterocycles. The van der Waals surface area contributed by atoms with Crippen molar-refractivity contribution in [1.29, 1.82) is 0 Å². The third-order valence-corrected chi connectivity index (χ3v) is 3.85. The summed E-state index contributed by atoms with van der Waals surface area (Å²) in [4.78, 5) is 4.42. The van der Waals surface area contributed by atoms with Gasteiger partial charge in [0, 0.05) is 31.8 Å². The second-order valence-electron chi connectivity index (χ2n) is 5.52. The van der Waals surface area contributed by atoms with Crippen molar-refractivity contribution >= 4 is 10.9 Å². The van der Waals surface area contributed by atoms with E-state index in [2.05, 4.69) is 49.2 Å². The van der Waals surface area contributed by atoms with Gasteiger partial charge in [-0.3, -0.25) is 4.98 Å². The average Bonchev–Trinajstić information content (AvgIpc) is 2.90. The van der Waals surface area contributed by atoms with Crippen LogP contribution in [0.4, 0.5) is 0 Å². The average molecular weight is 457 g/mol. The first-order valence-corrected chi connectivity index (χ1v) is 6.98. The zero-order valence-electron chi connectivity index (χ0n) is 12.4. The van der Waals surface area contributed by atoms with Crippen molar-refractivity contribution < 1.29 is 20.1 Å². The molecule has 0 saturated heterocycles. The maximum atomic E-state index is 4.53. The van der Waals surface area contributed by atoms with Gasteiger partial charge in [0.2, 0.25) is 0 Å². The van der Waals surface area contributed by atoms with Gasteiger partial charge in [-0.15, -0.1) is 17.5 Å². The smallest absolute Gasteiger partial charge is 0.0783 e. The molecule has 3 rings (SSSR count). The number of pyridine rings is 1. The van der Waals surface area contributed by atoms with Gasteiger partial charge in [-0.25, -0.2) is 5.10 Å². The van der Waals surface area contributed by atoms with Gasteiger partial charge in [-0.05, 0) is 29.7 Å². The fourth-order valence-corrected chi connectivity index (χ4v) is 2.23. The first-order chi connectivity index (χ1) is 9.65. The van der Waals surface area contributed by atoms with E-state index in [1.54, 1.807) is 4.68 Å². The van der Waals surface area contributed by atoms with Crippen LogP contribution in [0, 0.1) is 12.1 Å². The summed E-state index contributed by atoms with van der Waals surface area (Å²) in [6, 6.07) is 12.2. The number of rotatable bonds is 3. The molecule has 0 aliphatic carbocycles. The standard InChI is InChI=1S/C17H18N3.Ir/c1-12(2)13(3)14-8-9-18-17(10-14)20-11-15-6-4-5-7-16(15)19-20;/h4-10,12-13H,1-3H3;/q-1;. The molecule has 1 atom stereocenters. The maximum Gasteiger partial charge on any atom is 0.0783 e. The van der Waals surface area contributed by atoms with E-state index < -0.39 is 0 Å². The third kappa shape index (κ3) is 3.22. The summed E-state index contributed by atoms with van der Waals surface area (Å²) in [6.45, 7) is 6.71. The predicted octanol–water partition coefficient (Wildman–Crippen LogP) is 3.98. The molecule has 111 valence electrons. The van der Waals surface area contributed by atoms with E-state index in [1.165, 1.54) is 5.56 Å². The summed E-state index contributed by atoms with van der Waals surface area (Å²) in [7, 11) is 0. The van der Waals surface area contributed by atoms with Crippen LogP contribution < -0.4 is 0 Å². The van der Waals surface area contributed by atoms with Crippen LogP contribution in [0.15, 0.2) is 42.6 Å². The van der Waals surface area contributed by atoms with Gasteiger partial charge in [0.05, 0.1) is 5.82 Å². The SMILES string of the molecule is CC(C)C(C)c1ccnc(-n2[c-]c3ccccc3n2)c1.[Ir]. The Hall–Kier alpha value is -1.51. The van der Waals surface area contributed by atoms with E-state index in [9.17, 15) is 0 Å². The molecule has 0 spiro atoms. The molecule has 0 fully saturated rings. The second kappa shape index (κ2) is 6.50. The van der Waals surface area contributed by atoms with Crippen LogP contribution in [-0.2, 0) is 20.1 Å². The van der Waals surface area contributed by atoms with Gasteiger partial charge >= 0.3 is 0 Å². The van der Waals surface area contributed by atoms with E-state index in [4.69, 9.17) is 0 Å². The van der Waals surface area contributed by atoms with Crippen molar-refractivity contribution in [2.75, 3.05) is 0 Å². The number of hydrogen-bond donors (Lipinski definition) is 0. The van der Waals surface area contributed by atoms with E-state index in [-0.39, 0.29) is 20.1 Å². The maximum absolute atomic E-state index is 4.53. The van der Waals surface area contributed by atoms with Crippen LogP contribution in [0.5, 0.6) is 0 Å². The number of fused-ring (bicyclic) bond motifs is 1. The molecule has 1 radical (unpaired) electrons. The number of benzene rings is 1. The van der Waals surface area contributed by atoms with Crippen molar-refractivity contribution in [3.63, 3.8) is 0 Å². The minimum atomic E-state index is 0. The molecule has 21 heavy (non-hydrogen) atoms. The van der Waals surface area contributed by atoms with Gasteiger partial charge in [-0.2, -0.15) is 0 Å². The van der Waals surface area contributed by atoms with Crippen molar-refractivity contribution in [2.24, 2.45) is 5.92 Å². The fraction of sp³-hybridized carbons (Fsp3) is 0.294. The van der Waals surface area contributed by atoms with E-state index in [1.807, 2.05) is 30.5 Å². The van der Waals surface area contributed by atoms with Crippen molar-refractivity contribution in [3.05, 3.63) is 54.4 Å². The molecule has 0 N–H and O–H groups in total. The van der Waals surface area contributed by atoms with Crippen LogP contribution in [0.3, 0.4) is 0 Å². The predicted molar refractivity (Wildman–Crippen MR) is 81.0 cm³/mol. The third-order valence-electron chi connectivity index (χ3n) is 3.85. The Labute approximate surface area is 138 Å². The summed E-state index contributed by atoms with van der Waals surface area (Å²) < 4.78 is 1.74. The van der Waals surface area contributed by atoms with E-state index >= 15 is 0 Å². The Morgan fingerprint density at radius 3 is 2.57 bits per heavy atom. The molecule has 0 amide bonds. The Morgan fingerprint density at radius 2 is 1.86 bits per heavy atom. The summed E-state index contributed by atoms with van der Waals surface area (Å²) >= 11 is 0. The Morgan fingerprint density at radius 1 is 1.10 bits per heavy atom. The van der Waals surface area contributed by atoms with E-state index in [0.29, 0.717) is 11.8 Å². The van der Waals surface area contributed by atoms with Crippen LogP contribution in [0.1, 0.15) is 32.3 Å². The molecule has 1 unspecified atom stereocenters. The second-order valence-corrected chi connectivity index (χ2v) is 5.52. The largest absolute Gasteiger partial charge is 0.311 e. The Kier molecular flexibility index (Phi) is 4.91. The zero-order valence-corrected chi connectivity index (χ0v) is 14.8. The minimum absolute atomic E-state index is 0. The quantitative estimate of drug-likeness (QED) is 0.559. The molecule has 0 bridgehead atoms. The molecule has 3 nitrogen and oxygen atoms in total. The van der Waals surface area contributed by atoms with Crippen molar-refractivity contribution in [2.45, 2.75) is 26.7 Å². The van der Waals surface area contributed by atoms with Crippen LogP contribution in [0.25, 0.3) is 16.7 Å². The van der Waals surface area contributed by atoms with Crippen molar-refractivity contribution in [1.82, 2.24) is 14.8 Å². The molecule has 0 aliphatic heterocycles. The summed E-state index contributed by atoms with van der Waals surface area (Å²) in [5.74, 6) is 1.93. The molecular weight excluding hydrogens is 438 g/mol. The van der Waals surface area contributed by atoms with E-state index in [0.717, 1.165) is 16.7 Å². The number of hydrogen-bond acceptors (Lipinski definition) is 2. The van der Waals surface area contributed by atoms with Crippen LogP contribution >= 0.6 is 0 Å². The van der Waals surface area contributed by atoms with Gasteiger partial charge in [0.15, 0.2) is 0 Å². The molecule has 0 aliphatic rings. The molecule has 0 saturated carbocycles. The first kappa shape index (κ1) is 15.9. The summed E-state index contributed by atoms with van der Waals surface area (Å²) in [5, 5.41) is 5.54. The number of aromatic nitrogens is 3. The molecule has 1 aromatic carbocycles. The van der Waals surface area contributed by atoms with Gasteiger partial charge < -0.3 is 4.68 Å². The minimum Gasteiger partial charge on any atom is -0.311 e. The first-order valence-electron chi connectivity index (χ1n) is 6.98.